The third kappa shape index (κ3) is 8.66. The Kier molecular flexibility index (Phi) is 11.2. The molecular weight excluding hydrogens is 538 g/mol. The number of nitrogens with zero attached hydrogens (tertiary/aromatic N) is 1. The molecule has 4 amide bonds. The highest BCUT2D eigenvalue weighted by molar-refractivity contribution is 6.43. The van der Waals surface area contributed by atoms with Crippen molar-refractivity contribution in [1.29, 1.82) is 5.41 Å². The van der Waals surface area contributed by atoms with Crippen LogP contribution in [0.25, 0.3) is 5.76 Å². The molecule has 224 valence electrons. The molecule has 0 saturated heterocycles. The number of hydrogen-bond acceptors (Lipinski definition) is 7. The molecule has 0 aromatic heterocycles. The monoisotopic (exact) mass is 577 g/mol. The van der Waals surface area contributed by atoms with Crippen LogP contribution in [0.2, 0.25) is 0 Å². The number of benzene rings is 2. The van der Waals surface area contributed by atoms with Crippen molar-refractivity contribution in [2.24, 2.45) is 5.73 Å². The van der Waals surface area contributed by atoms with Crippen molar-refractivity contribution in [3.63, 3.8) is 0 Å². The Labute approximate surface area is 245 Å². The van der Waals surface area contributed by atoms with Gasteiger partial charge < -0.3 is 31.5 Å². The molecule has 0 bridgehead atoms. The molecule has 1 unspecified atom stereocenters. The van der Waals surface area contributed by atoms with Crippen LogP contribution in [0.3, 0.4) is 0 Å². The van der Waals surface area contributed by atoms with Gasteiger partial charge in [0, 0.05) is 44.3 Å². The van der Waals surface area contributed by atoms with Crippen molar-refractivity contribution in [1.82, 2.24) is 15.5 Å². The molecule has 2 aromatic rings. The van der Waals surface area contributed by atoms with E-state index < -0.39 is 29.3 Å². The Morgan fingerprint density at radius 2 is 1.71 bits per heavy atom. The molecule has 0 heterocycles. The number of phenolic OH excluding ortho intramolecular Hbond substituents is 1. The Balaban J connectivity index is 1.55. The number of unbranched alkanes of at least 4 members (excludes halogenated alkanes) is 4. The smallest absolute Gasteiger partial charge is 0.269 e. The van der Waals surface area contributed by atoms with Crippen LogP contribution in [0.1, 0.15) is 88.4 Å². The summed E-state index contributed by atoms with van der Waals surface area (Å²) in [4.78, 5) is 49.7. The Hall–Kier alpha value is -4.67. The van der Waals surface area contributed by atoms with E-state index in [1.165, 1.54) is 23.1 Å². The first kappa shape index (κ1) is 31.9. The van der Waals surface area contributed by atoms with E-state index >= 15 is 0 Å². The number of aromatic hydroxyl groups is 1. The summed E-state index contributed by atoms with van der Waals surface area (Å²) in [5.74, 6) is -2.34. The molecule has 2 aromatic carbocycles. The van der Waals surface area contributed by atoms with Gasteiger partial charge in [-0.2, -0.15) is 0 Å². The number of nitrogens with one attached hydrogen (secondary N) is 3. The van der Waals surface area contributed by atoms with Gasteiger partial charge in [0.25, 0.3) is 17.7 Å². The highest BCUT2D eigenvalue weighted by Crippen LogP contribution is 2.32. The largest absolute Gasteiger partial charge is 0.507 e. The molecule has 1 atom stereocenters. The summed E-state index contributed by atoms with van der Waals surface area (Å²) in [6.45, 7) is 0.533. The quantitative estimate of drug-likeness (QED) is 0.113. The minimum atomic E-state index is -0.700. The maximum atomic E-state index is 12.8. The number of nitrogens with two attached hydrogens (primary N) is 1. The highest BCUT2D eigenvalue weighted by Gasteiger charge is 2.26. The summed E-state index contributed by atoms with van der Waals surface area (Å²) < 4.78 is 0. The van der Waals surface area contributed by atoms with Crippen LogP contribution in [0.15, 0.2) is 42.5 Å². The first-order valence-corrected chi connectivity index (χ1v) is 14.0. The van der Waals surface area contributed by atoms with Crippen molar-refractivity contribution in [2.45, 2.75) is 57.4 Å². The van der Waals surface area contributed by atoms with Crippen LogP contribution in [0.5, 0.6) is 5.75 Å². The van der Waals surface area contributed by atoms with E-state index in [4.69, 9.17) is 11.1 Å². The fraction of sp³-hybridized carbons (Fsp3) is 0.387. The van der Waals surface area contributed by atoms with Gasteiger partial charge in [-0.05, 0) is 61.1 Å². The van der Waals surface area contributed by atoms with Crippen LogP contribution in [0, 0.1) is 5.41 Å². The third-order valence-electron chi connectivity index (χ3n) is 7.13. The normalized spacial score (nSPS) is 14.1. The van der Waals surface area contributed by atoms with Crippen LogP contribution < -0.4 is 16.4 Å². The van der Waals surface area contributed by atoms with E-state index in [-0.39, 0.29) is 28.7 Å². The average molecular weight is 578 g/mol. The zero-order valence-corrected chi connectivity index (χ0v) is 24.0. The lowest BCUT2D eigenvalue weighted by Gasteiger charge is -2.15. The molecule has 0 spiro atoms. The van der Waals surface area contributed by atoms with Gasteiger partial charge in [0.15, 0.2) is 0 Å². The average Bonchev–Trinajstić information content (AvgIpc) is 3.35. The van der Waals surface area contributed by atoms with Crippen molar-refractivity contribution >= 4 is 35.1 Å². The highest BCUT2D eigenvalue weighted by atomic mass is 16.3. The number of phenols is 1. The summed E-state index contributed by atoms with van der Waals surface area (Å²) in [6, 6.07) is 8.99. The Morgan fingerprint density at radius 1 is 1.02 bits per heavy atom. The van der Waals surface area contributed by atoms with E-state index in [0.717, 1.165) is 49.3 Å². The minimum Gasteiger partial charge on any atom is -0.507 e. The summed E-state index contributed by atoms with van der Waals surface area (Å²) in [7, 11) is 3.10. The van der Waals surface area contributed by atoms with Gasteiger partial charge in [0.05, 0.1) is 11.6 Å². The molecule has 42 heavy (non-hydrogen) atoms. The van der Waals surface area contributed by atoms with E-state index in [1.54, 1.807) is 26.2 Å². The number of aryl methyl sites for hydroxylation is 1. The van der Waals surface area contributed by atoms with E-state index in [2.05, 4.69) is 10.6 Å². The fourth-order valence-electron chi connectivity index (χ4n) is 4.79. The molecule has 0 saturated carbocycles. The van der Waals surface area contributed by atoms with Gasteiger partial charge in [-0.1, -0.05) is 31.4 Å². The van der Waals surface area contributed by atoms with Crippen LogP contribution in [-0.4, -0.2) is 65.1 Å². The number of aliphatic hydroxyl groups is 1. The van der Waals surface area contributed by atoms with Gasteiger partial charge in [0.1, 0.15) is 17.2 Å². The number of aliphatic hydroxyl groups excluding tert-OH is 1. The Morgan fingerprint density at radius 3 is 2.40 bits per heavy atom. The molecule has 11 heteroatoms. The summed E-state index contributed by atoms with van der Waals surface area (Å²) in [5, 5.41) is 34.5. The lowest BCUT2D eigenvalue weighted by molar-refractivity contribution is -0.118. The predicted octanol–water partition coefficient (Wildman–Crippen LogP) is 3.37. The number of carbonyl (C=O) groups excluding carboxylic acids is 4. The van der Waals surface area contributed by atoms with Crippen molar-refractivity contribution in [3.8, 4) is 5.75 Å². The third-order valence-corrected chi connectivity index (χ3v) is 7.13. The fourth-order valence-corrected chi connectivity index (χ4v) is 4.79. The summed E-state index contributed by atoms with van der Waals surface area (Å²) in [5.41, 5.74) is 7.17. The minimum absolute atomic E-state index is 0.0611. The van der Waals surface area contributed by atoms with Gasteiger partial charge in [-0.3, -0.25) is 24.6 Å². The predicted molar refractivity (Wildman–Crippen MR) is 159 cm³/mol. The number of hydrogen-bond donors (Lipinski definition) is 6. The number of fused-ring (bicyclic) bond motifs is 1. The zero-order valence-electron chi connectivity index (χ0n) is 24.0. The maximum Gasteiger partial charge on any atom is 0.269 e. The number of rotatable bonds is 14. The second-order valence-corrected chi connectivity index (χ2v) is 10.6. The molecule has 1 aliphatic rings. The first-order valence-electron chi connectivity index (χ1n) is 14.0. The number of amides is 4. The SMILES string of the molecule is CN(C)C(=O)c1ccc(/C(O)=C/C(=N)C(=O)NC2CCc3ccc(C(=O)NCCCCCCCC(N)=O)cc32)cc1O. The van der Waals surface area contributed by atoms with Crippen molar-refractivity contribution in [3.05, 3.63) is 70.3 Å². The van der Waals surface area contributed by atoms with Gasteiger partial charge >= 0.3 is 0 Å². The molecule has 0 radical (unpaired) electrons. The molecule has 7 N–H and O–H groups in total. The van der Waals surface area contributed by atoms with Crippen LogP contribution in [-0.2, 0) is 16.0 Å². The molecule has 1 aliphatic carbocycles. The van der Waals surface area contributed by atoms with E-state index in [1.807, 2.05) is 6.07 Å². The van der Waals surface area contributed by atoms with Crippen LogP contribution >= 0.6 is 0 Å². The van der Waals surface area contributed by atoms with Gasteiger partial charge in [-0.15, -0.1) is 0 Å². The molecule has 0 aliphatic heterocycles. The first-order chi connectivity index (χ1) is 20.0. The summed E-state index contributed by atoms with van der Waals surface area (Å²) in [6.07, 6.45) is 7.15. The topological polar surface area (TPSA) is 186 Å². The molecule has 11 nitrogen and oxygen atoms in total. The van der Waals surface area contributed by atoms with Crippen molar-refractivity contribution < 1.29 is 29.4 Å². The Bertz CT molecular complexity index is 1380. The summed E-state index contributed by atoms with van der Waals surface area (Å²) >= 11 is 0. The van der Waals surface area contributed by atoms with Crippen LogP contribution in [0.4, 0.5) is 0 Å². The molecule has 3 rings (SSSR count). The van der Waals surface area contributed by atoms with Gasteiger partial charge in [-0.25, -0.2) is 0 Å². The maximum absolute atomic E-state index is 12.8. The van der Waals surface area contributed by atoms with Crippen molar-refractivity contribution in [2.75, 3.05) is 20.6 Å². The second-order valence-electron chi connectivity index (χ2n) is 10.6. The second kappa shape index (κ2) is 14.8. The molecular formula is C31H39N5O6. The lowest BCUT2D eigenvalue weighted by atomic mass is 10.0. The molecule has 0 fully saturated rings. The number of carbonyl (C=O) groups is 4. The zero-order chi connectivity index (χ0) is 30.8. The van der Waals surface area contributed by atoms with Gasteiger partial charge in [0.2, 0.25) is 5.91 Å². The van der Waals surface area contributed by atoms with E-state index in [9.17, 15) is 29.4 Å². The number of primary amides is 1. The van der Waals surface area contributed by atoms with E-state index in [0.29, 0.717) is 31.4 Å². The standard InChI is InChI=1S/C31H39N5O6/c1-36(2)31(42)22-13-11-20(17-27(22)38)26(37)18-24(32)30(41)35-25-14-12-19-9-10-21(16-23(19)25)29(40)34-15-7-5-3-4-6-8-28(33)39/h9-11,13,16-18,25,32,37-38H,3-8,12,14-15H2,1-2H3,(H2,33,39)(H,34,40)(H,35,41)/b26-18-,32-24?. The lowest BCUT2D eigenvalue weighted by Crippen LogP contribution is -2.32.